The zero-order valence-electron chi connectivity index (χ0n) is 11.9. The van der Waals surface area contributed by atoms with Gasteiger partial charge in [-0.1, -0.05) is 64.0 Å². The van der Waals surface area contributed by atoms with Crippen molar-refractivity contribution in [3.05, 3.63) is 0 Å². The molecule has 0 bridgehead atoms. The minimum atomic E-state index is 0.390. The molecule has 0 fully saturated rings. The van der Waals surface area contributed by atoms with E-state index in [0.29, 0.717) is 5.92 Å². The van der Waals surface area contributed by atoms with Crippen molar-refractivity contribution >= 4 is 5.71 Å². The highest BCUT2D eigenvalue weighted by Crippen LogP contribution is 2.07. The van der Waals surface area contributed by atoms with Gasteiger partial charge in [0.15, 0.2) is 0 Å². The van der Waals surface area contributed by atoms with Crippen LogP contribution in [0, 0.1) is 17.8 Å². The van der Waals surface area contributed by atoms with E-state index in [0.717, 1.165) is 12.1 Å². The lowest BCUT2D eigenvalue weighted by Crippen LogP contribution is -1.97. The first-order valence-corrected chi connectivity index (χ1v) is 6.82. The van der Waals surface area contributed by atoms with E-state index < -0.39 is 0 Å². The van der Waals surface area contributed by atoms with Crippen molar-refractivity contribution in [2.45, 2.75) is 65.7 Å². The summed E-state index contributed by atoms with van der Waals surface area (Å²) >= 11 is 0. The predicted molar refractivity (Wildman–Crippen MR) is 75.1 cm³/mol. The molecule has 0 radical (unpaired) electrons. The molecule has 2 nitrogen and oxygen atoms in total. The van der Waals surface area contributed by atoms with Crippen molar-refractivity contribution in [3.63, 3.8) is 0 Å². The molecular weight excluding hydrogens is 210 g/mol. The summed E-state index contributed by atoms with van der Waals surface area (Å²) in [6.45, 7) is 6.41. The fourth-order valence-corrected chi connectivity index (χ4v) is 1.54. The molecule has 0 aliphatic heterocycles. The van der Waals surface area contributed by atoms with Gasteiger partial charge in [-0.15, -0.1) is 0 Å². The largest absolute Gasteiger partial charge is 0.398 e. The Kier molecular flexibility index (Phi) is 10.9. The first-order valence-electron chi connectivity index (χ1n) is 6.82. The molecule has 0 aromatic heterocycles. The van der Waals surface area contributed by atoms with Crippen LogP contribution in [-0.4, -0.2) is 12.8 Å². The highest BCUT2D eigenvalue weighted by molar-refractivity contribution is 5.99. The van der Waals surface area contributed by atoms with Gasteiger partial charge in [0, 0.05) is 12.3 Å². The zero-order chi connectivity index (χ0) is 12.9. The second kappa shape index (κ2) is 11.5. The fourth-order valence-electron chi connectivity index (χ4n) is 1.54. The van der Waals surface area contributed by atoms with E-state index in [1.165, 1.54) is 38.5 Å². The molecule has 0 heterocycles. The summed E-state index contributed by atoms with van der Waals surface area (Å²) in [4.78, 5) is 4.82. The van der Waals surface area contributed by atoms with Crippen molar-refractivity contribution < 1.29 is 4.84 Å². The van der Waals surface area contributed by atoms with Crippen LogP contribution in [0.3, 0.4) is 0 Å². The van der Waals surface area contributed by atoms with Crippen molar-refractivity contribution in [1.29, 1.82) is 0 Å². The minimum absolute atomic E-state index is 0.390. The van der Waals surface area contributed by atoms with Crippen LogP contribution in [0.5, 0.6) is 0 Å². The summed E-state index contributed by atoms with van der Waals surface area (Å²) in [6.07, 6.45) is 8.71. The molecule has 0 rings (SSSR count). The molecule has 0 unspecified atom stereocenters. The Bertz CT molecular complexity index is 258. The second-order valence-electron chi connectivity index (χ2n) is 4.66. The lowest BCUT2D eigenvalue weighted by atomic mass is 10.1. The number of unbranched alkanes of at least 4 members (excludes halogenated alkanes) is 5. The molecule has 0 saturated heterocycles. The van der Waals surface area contributed by atoms with E-state index in [1.807, 2.05) is 0 Å². The first-order chi connectivity index (χ1) is 8.20. The van der Waals surface area contributed by atoms with Gasteiger partial charge < -0.3 is 4.84 Å². The standard InChI is InChI=1S/C15H27NO/c1-5-6-7-8-9-10-11-15(16-17-4)13-12-14(2)3/h14H,5-11H2,1-4H3/b16-15-. The van der Waals surface area contributed by atoms with E-state index in [9.17, 15) is 0 Å². The normalized spacial score (nSPS) is 11.2. The number of rotatable bonds is 8. The van der Waals surface area contributed by atoms with Crippen LogP contribution in [0.25, 0.3) is 0 Å². The van der Waals surface area contributed by atoms with Crippen LogP contribution in [0.4, 0.5) is 0 Å². The molecule has 0 saturated carbocycles. The van der Waals surface area contributed by atoms with E-state index in [1.54, 1.807) is 7.11 Å². The maximum absolute atomic E-state index is 4.82. The third kappa shape index (κ3) is 11.3. The molecule has 0 aromatic rings. The Labute approximate surface area is 107 Å². The first kappa shape index (κ1) is 16.0. The molecule has 98 valence electrons. The van der Waals surface area contributed by atoms with Crippen molar-refractivity contribution in [1.82, 2.24) is 0 Å². The molecular formula is C15H27NO. The van der Waals surface area contributed by atoms with E-state index in [4.69, 9.17) is 4.84 Å². The summed E-state index contributed by atoms with van der Waals surface area (Å²) in [5.74, 6) is 6.62. The molecule has 0 aliphatic rings. The van der Waals surface area contributed by atoms with Gasteiger partial charge in [0.05, 0.1) is 0 Å². The molecule has 0 aromatic carbocycles. The van der Waals surface area contributed by atoms with Gasteiger partial charge in [-0.05, 0) is 12.3 Å². The predicted octanol–water partition coefficient (Wildman–Crippen LogP) is 4.40. The van der Waals surface area contributed by atoms with E-state index in [-0.39, 0.29) is 0 Å². The van der Waals surface area contributed by atoms with Gasteiger partial charge in [0.1, 0.15) is 12.8 Å². The summed E-state index contributed by atoms with van der Waals surface area (Å²) in [7, 11) is 1.58. The zero-order valence-corrected chi connectivity index (χ0v) is 11.9. The molecule has 0 atom stereocenters. The molecule has 2 heteroatoms. The Morgan fingerprint density at radius 2 is 1.76 bits per heavy atom. The summed E-state index contributed by atoms with van der Waals surface area (Å²) < 4.78 is 0. The van der Waals surface area contributed by atoms with Crippen molar-refractivity contribution in [3.8, 4) is 11.8 Å². The minimum Gasteiger partial charge on any atom is -0.398 e. The number of hydrogen-bond acceptors (Lipinski definition) is 2. The molecule has 0 aliphatic carbocycles. The molecule has 0 N–H and O–H groups in total. The van der Waals surface area contributed by atoms with Crippen LogP contribution in [0.15, 0.2) is 5.16 Å². The van der Waals surface area contributed by atoms with Gasteiger partial charge in [0.2, 0.25) is 0 Å². The highest BCUT2D eigenvalue weighted by atomic mass is 16.6. The van der Waals surface area contributed by atoms with Crippen LogP contribution in [-0.2, 0) is 4.84 Å². The molecule has 17 heavy (non-hydrogen) atoms. The molecule has 0 spiro atoms. The van der Waals surface area contributed by atoms with E-state index >= 15 is 0 Å². The highest BCUT2D eigenvalue weighted by Gasteiger charge is 1.97. The number of hydrogen-bond donors (Lipinski definition) is 0. The van der Waals surface area contributed by atoms with Crippen LogP contribution in [0.2, 0.25) is 0 Å². The quantitative estimate of drug-likeness (QED) is 0.265. The van der Waals surface area contributed by atoms with Gasteiger partial charge in [-0.3, -0.25) is 0 Å². The number of nitrogens with zero attached hydrogens (tertiary/aromatic N) is 1. The van der Waals surface area contributed by atoms with Crippen molar-refractivity contribution in [2.75, 3.05) is 7.11 Å². The summed E-state index contributed by atoms with van der Waals surface area (Å²) in [5, 5.41) is 3.97. The summed E-state index contributed by atoms with van der Waals surface area (Å²) in [5.41, 5.74) is 0.886. The fraction of sp³-hybridized carbons (Fsp3) is 0.800. The van der Waals surface area contributed by atoms with E-state index in [2.05, 4.69) is 37.8 Å². The monoisotopic (exact) mass is 237 g/mol. The van der Waals surface area contributed by atoms with Crippen LogP contribution >= 0.6 is 0 Å². The average Bonchev–Trinajstić information content (AvgIpc) is 2.30. The summed E-state index contributed by atoms with van der Waals surface area (Å²) in [6, 6.07) is 0. The smallest absolute Gasteiger partial charge is 0.129 e. The maximum atomic E-state index is 4.82. The van der Waals surface area contributed by atoms with Gasteiger partial charge in [-0.2, -0.15) is 0 Å². The Morgan fingerprint density at radius 3 is 2.35 bits per heavy atom. The lowest BCUT2D eigenvalue weighted by molar-refractivity contribution is 0.213. The topological polar surface area (TPSA) is 21.6 Å². The third-order valence-electron chi connectivity index (χ3n) is 2.47. The van der Waals surface area contributed by atoms with Crippen LogP contribution < -0.4 is 0 Å². The second-order valence-corrected chi connectivity index (χ2v) is 4.66. The Balaban J connectivity index is 3.80. The van der Waals surface area contributed by atoms with Crippen LogP contribution in [0.1, 0.15) is 65.7 Å². The maximum Gasteiger partial charge on any atom is 0.129 e. The molecule has 0 amide bonds. The van der Waals surface area contributed by atoms with Crippen molar-refractivity contribution in [2.24, 2.45) is 11.1 Å². The van der Waals surface area contributed by atoms with Gasteiger partial charge in [-0.25, -0.2) is 0 Å². The third-order valence-corrected chi connectivity index (χ3v) is 2.47. The van der Waals surface area contributed by atoms with Gasteiger partial charge in [0.25, 0.3) is 0 Å². The van der Waals surface area contributed by atoms with Gasteiger partial charge >= 0.3 is 0 Å². The Morgan fingerprint density at radius 1 is 1.12 bits per heavy atom. The SMILES string of the molecule is CCCCCCCC/C(C#CC(C)C)=N/OC. The number of oxime groups is 1. The lowest BCUT2D eigenvalue weighted by Gasteiger charge is -2.00. The average molecular weight is 237 g/mol. The Hall–Kier alpha value is -0.970.